The van der Waals surface area contributed by atoms with Crippen LogP contribution >= 0.6 is 0 Å². The second kappa shape index (κ2) is 7.38. The van der Waals surface area contributed by atoms with Crippen LogP contribution in [0, 0.1) is 0 Å². The molecule has 4 heteroatoms. The summed E-state index contributed by atoms with van der Waals surface area (Å²) in [5.74, 6) is 0.0968. The Morgan fingerprint density at radius 2 is 1.91 bits per heavy atom. The Morgan fingerprint density at radius 3 is 2.52 bits per heavy atom. The Labute approximate surface area is 137 Å². The molecule has 0 unspecified atom stereocenters. The van der Waals surface area contributed by atoms with Crippen LogP contribution in [-0.2, 0) is 11.3 Å². The maximum atomic E-state index is 12.1. The first-order valence-electron chi connectivity index (χ1n) is 8.20. The molecule has 1 saturated heterocycles. The van der Waals surface area contributed by atoms with Crippen LogP contribution in [0.5, 0.6) is 0 Å². The number of rotatable bonds is 4. The highest BCUT2D eigenvalue weighted by atomic mass is 16.2. The van der Waals surface area contributed by atoms with Crippen molar-refractivity contribution < 1.29 is 4.79 Å². The highest BCUT2D eigenvalue weighted by Gasteiger charge is 2.27. The standard InChI is InChI=1S/C19H23N3O/c1-16(23)22(19-8-5-11-20-14-19)18-9-12-21(13-10-18)15-17-6-3-2-4-7-17/h2-8,11,14,18H,9-10,12-13,15H2,1H3. The van der Waals surface area contributed by atoms with Crippen LogP contribution in [0.1, 0.15) is 25.3 Å². The van der Waals surface area contributed by atoms with Gasteiger partial charge in [-0.2, -0.15) is 0 Å². The van der Waals surface area contributed by atoms with E-state index in [-0.39, 0.29) is 11.9 Å². The van der Waals surface area contributed by atoms with Crippen molar-refractivity contribution in [3.05, 3.63) is 60.4 Å². The highest BCUT2D eigenvalue weighted by Crippen LogP contribution is 2.24. The van der Waals surface area contributed by atoms with E-state index in [1.54, 1.807) is 19.3 Å². The lowest BCUT2D eigenvalue weighted by molar-refractivity contribution is -0.117. The molecule has 2 aromatic rings. The fourth-order valence-corrected chi connectivity index (χ4v) is 3.32. The fourth-order valence-electron chi connectivity index (χ4n) is 3.32. The number of hydrogen-bond donors (Lipinski definition) is 0. The lowest BCUT2D eigenvalue weighted by Crippen LogP contribution is -2.46. The summed E-state index contributed by atoms with van der Waals surface area (Å²) in [6.07, 6.45) is 5.52. The van der Waals surface area contributed by atoms with E-state index in [1.165, 1.54) is 5.56 Å². The van der Waals surface area contributed by atoms with Crippen molar-refractivity contribution in [3.8, 4) is 0 Å². The van der Waals surface area contributed by atoms with Gasteiger partial charge in [-0.1, -0.05) is 30.3 Å². The minimum absolute atomic E-state index is 0.0968. The Hall–Kier alpha value is -2.20. The van der Waals surface area contributed by atoms with Crippen LogP contribution in [0.2, 0.25) is 0 Å². The van der Waals surface area contributed by atoms with Crippen LogP contribution in [-0.4, -0.2) is 34.9 Å². The topological polar surface area (TPSA) is 36.4 Å². The monoisotopic (exact) mass is 309 g/mol. The zero-order chi connectivity index (χ0) is 16.1. The van der Waals surface area contributed by atoms with E-state index < -0.39 is 0 Å². The van der Waals surface area contributed by atoms with Crippen molar-refractivity contribution in [2.45, 2.75) is 32.4 Å². The minimum atomic E-state index is 0.0968. The average molecular weight is 309 g/mol. The van der Waals surface area contributed by atoms with Crippen molar-refractivity contribution in [2.75, 3.05) is 18.0 Å². The molecule has 0 spiro atoms. The lowest BCUT2D eigenvalue weighted by Gasteiger charge is -2.38. The number of piperidine rings is 1. The van der Waals surface area contributed by atoms with Gasteiger partial charge in [0.2, 0.25) is 5.91 Å². The summed E-state index contributed by atoms with van der Waals surface area (Å²) in [6.45, 7) is 4.66. The van der Waals surface area contributed by atoms with Crippen molar-refractivity contribution in [2.24, 2.45) is 0 Å². The molecule has 1 amide bonds. The molecule has 1 aromatic heterocycles. The largest absolute Gasteiger partial charge is 0.308 e. The molecule has 120 valence electrons. The molecule has 1 aliphatic rings. The maximum absolute atomic E-state index is 12.1. The fraction of sp³-hybridized carbons (Fsp3) is 0.368. The highest BCUT2D eigenvalue weighted by molar-refractivity contribution is 5.91. The number of benzene rings is 1. The predicted molar refractivity (Wildman–Crippen MR) is 92.1 cm³/mol. The van der Waals surface area contributed by atoms with E-state index in [0.717, 1.165) is 38.2 Å². The second-order valence-electron chi connectivity index (χ2n) is 6.09. The van der Waals surface area contributed by atoms with Crippen LogP contribution in [0.25, 0.3) is 0 Å². The Bertz CT molecular complexity index is 622. The van der Waals surface area contributed by atoms with Crippen molar-refractivity contribution >= 4 is 11.6 Å². The summed E-state index contributed by atoms with van der Waals surface area (Å²) in [5, 5.41) is 0. The maximum Gasteiger partial charge on any atom is 0.224 e. The third-order valence-corrected chi connectivity index (χ3v) is 4.43. The van der Waals surface area contributed by atoms with Gasteiger partial charge >= 0.3 is 0 Å². The molecule has 0 atom stereocenters. The van der Waals surface area contributed by atoms with Crippen molar-refractivity contribution in [1.82, 2.24) is 9.88 Å². The lowest BCUT2D eigenvalue weighted by atomic mass is 10.0. The molecule has 3 rings (SSSR count). The number of hydrogen-bond acceptors (Lipinski definition) is 3. The van der Waals surface area contributed by atoms with Gasteiger partial charge in [-0.25, -0.2) is 0 Å². The van der Waals surface area contributed by atoms with Crippen molar-refractivity contribution in [1.29, 1.82) is 0 Å². The first-order valence-corrected chi connectivity index (χ1v) is 8.20. The van der Waals surface area contributed by atoms with E-state index in [9.17, 15) is 4.79 Å². The number of aromatic nitrogens is 1. The van der Waals surface area contributed by atoms with Gasteiger partial charge in [0.15, 0.2) is 0 Å². The van der Waals surface area contributed by atoms with Crippen LogP contribution in [0.3, 0.4) is 0 Å². The molecular weight excluding hydrogens is 286 g/mol. The Balaban J connectivity index is 1.62. The number of amides is 1. The molecule has 2 heterocycles. The van der Waals surface area contributed by atoms with E-state index in [4.69, 9.17) is 0 Å². The number of pyridine rings is 1. The van der Waals surface area contributed by atoms with Gasteiger partial charge in [0, 0.05) is 38.8 Å². The van der Waals surface area contributed by atoms with Crippen LogP contribution in [0.4, 0.5) is 5.69 Å². The van der Waals surface area contributed by atoms with Crippen molar-refractivity contribution in [3.63, 3.8) is 0 Å². The molecule has 4 nitrogen and oxygen atoms in total. The smallest absolute Gasteiger partial charge is 0.224 e. The quantitative estimate of drug-likeness (QED) is 0.871. The molecule has 1 fully saturated rings. The summed E-state index contributed by atoms with van der Waals surface area (Å²) in [7, 11) is 0. The molecular formula is C19H23N3O. The zero-order valence-electron chi connectivity index (χ0n) is 13.6. The molecule has 23 heavy (non-hydrogen) atoms. The zero-order valence-corrected chi connectivity index (χ0v) is 13.6. The summed E-state index contributed by atoms with van der Waals surface area (Å²) in [5.41, 5.74) is 2.25. The van der Waals surface area contributed by atoms with E-state index in [1.807, 2.05) is 23.1 Å². The number of anilines is 1. The second-order valence-corrected chi connectivity index (χ2v) is 6.09. The summed E-state index contributed by atoms with van der Waals surface area (Å²) >= 11 is 0. The first kappa shape index (κ1) is 15.7. The van der Waals surface area contributed by atoms with Gasteiger partial charge in [-0.05, 0) is 30.5 Å². The number of likely N-dealkylation sites (tertiary alicyclic amines) is 1. The number of carbonyl (C=O) groups is 1. The van der Waals surface area contributed by atoms with Gasteiger partial charge in [-0.15, -0.1) is 0 Å². The normalized spacial score (nSPS) is 16.2. The van der Waals surface area contributed by atoms with Gasteiger partial charge in [0.25, 0.3) is 0 Å². The SMILES string of the molecule is CC(=O)N(c1cccnc1)C1CCN(Cc2ccccc2)CC1. The predicted octanol–water partition coefficient (Wildman–Crippen LogP) is 3.10. The molecule has 1 aliphatic heterocycles. The van der Waals surface area contributed by atoms with Gasteiger partial charge < -0.3 is 4.90 Å². The third-order valence-electron chi connectivity index (χ3n) is 4.43. The number of nitrogens with zero attached hydrogens (tertiary/aromatic N) is 3. The molecule has 0 bridgehead atoms. The molecule has 1 aromatic carbocycles. The molecule has 0 radical (unpaired) electrons. The van der Waals surface area contributed by atoms with Gasteiger partial charge in [0.05, 0.1) is 11.9 Å². The molecule has 0 aliphatic carbocycles. The Morgan fingerprint density at radius 1 is 1.17 bits per heavy atom. The summed E-state index contributed by atoms with van der Waals surface area (Å²) < 4.78 is 0. The molecule has 0 saturated carbocycles. The van der Waals surface area contributed by atoms with Crippen LogP contribution in [0.15, 0.2) is 54.9 Å². The third kappa shape index (κ3) is 3.96. The van der Waals surface area contributed by atoms with Crippen LogP contribution < -0.4 is 4.90 Å². The summed E-state index contributed by atoms with van der Waals surface area (Å²) in [4.78, 5) is 20.6. The number of carbonyl (C=O) groups excluding carboxylic acids is 1. The first-order chi connectivity index (χ1) is 11.2. The van der Waals surface area contributed by atoms with E-state index >= 15 is 0 Å². The van der Waals surface area contributed by atoms with E-state index in [0.29, 0.717) is 0 Å². The Kier molecular flexibility index (Phi) is 5.03. The minimum Gasteiger partial charge on any atom is -0.308 e. The van der Waals surface area contributed by atoms with Gasteiger partial charge in [-0.3, -0.25) is 14.7 Å². The van der Waals surface area contributed by atoms with E-state index in [2.05, 4.69) is 34.1 Å². The van der Waals surface area contributed by atoms with Gasteiger partial charge in [0.1, 0.15) is 0 Å². The molecule has 0 N–H and O–H groups in total. The summed E-state index contributed by atoms with van der Waals surface area (Å²) in [6, 6.07) is 14.7. The average Bonchev–Trinajstić information content (AvgIpc) is 2.58.